The molecule has 1 heterocycles. The molecule has 0 amide bonds. The lowest BCUT2D eigenvalue weighted by Gasteiger charge is -2.41. The van der Waals surface area contributed by atoms with Gasteiger partial charge in [0.1, 0.15) is 0 Å². The van der Waals surface area contributed by atoms with Crippen molar-refractivity contribution in [3.63, 3.8) is 0 Å². The molecule has 1 fully saturated rings. The zero-order valence-electron chi connectivity index (χ0n) is 12.1. The van der Waals surface area contributed by atoms with Gasteiger partial charge in [0.15, 0.2) is 5.78 Å². The summed E-state index contributed by atoms with van der Waals surface area (Å²) in [6.45, 7) is 5.09. The summed E-state index contributed by atoms with van der Waals surface area (Å²) in [5.41, 5.74) is 0.328. The number of rotatable bonds is 5. The minimum absolute atomic E-state index is 0.196. The van der Waals surface area contributed by atoms with Crippen molar-refractivity contribution in [3.8, 4) is 0 Å². The number of Topliss-reactive ketones (excluding diaryl/α,β-unsaturated/α-hetero) is 1. The quantitative estimate of drug-likeness (QED) is 0.475. The van der Waals surface area contributed by atoms with Crippen LogP contribution in [-0.2, 0) is 4.74 Å². The smallest absolute Gasteiger partial charge is 0.183 e. The molecule has 2 rings (SSSR count). The highest BCUT2D eigenvalue weighted by atomic mass is 32.2. The molecule has 0 bridgehead atoms. The topological polar surface area (TPSA) is 29.5 Å². The number of benzene rings is 1. The maximum atomic E-state index is 12.9. The first-order valence-electron chi connectivity index (χ1n) is 6.83. The minimum atomic E-state index is -0.463. The second-order valence-corrected chi connectivity index (χ2v) is 6.42. The van der Waals surface area contributed by atoms with E-state index in [1.165, 1.54) is 4.90 Å². The molecule has 2 unspecified atom stereocenters. The van der Waals surface area contributed by atoms with Gasteiger partial charge in [0.25, 0.3) is 0 Å². The largest absolute Gasteiger partial charge is 0.379 e. The molecule has 5 heteroatoms. The summed E-state index contributed by atoms with van der Waals surface area (Å²) in [6.07, 6.45) is 2.77. The van der Waals surface area contributed by atoms with Crippen LogP contribution in [0.1, 0.15) is 17.3 Å². The number of nitrogens with zero attached hydrogens (tertiary/aromatic N) is 1. The van der Waals surface area contributed by atoms with Crippen LogP contribution in [-0.4, -0.2) is 54.9 Å². The summed E-state index contributed by atoms with van der Waals surface area (Å²) in [7, 11) is 2.73. The summed E-state index contributed by atoms with van der Waals surface area (Å²) in [5.74, 6) is 0.196. The molecule has 3 nitrogen and oxygen atoms in total. The van der Waals surface area contributed by atoms with E-state index in [0.29, 0.717) is 13.2 Å². The molecule has 1 aromatic carbocycles. The third-order valence-corrected chi connectivity index (χ3v) is 5.49. The predicted molar refractivity (Wildman–Crippen MR) is 87.9 cm³/mol. The van der Waals surface area contributed by atoms with Crippen molar-refractivity contribution in [1.29, 1.82) is 0 Å². The van der Waals surface area contributed by atoms with E-state index in [2.05, 4.69) is 14.1 Å². The van der Waals surface area contributed by atoms with Crippen molar-refractivity contribution in [2.75, 3.05) is 38.7 Å². The van der Waals surface area contributed by atoms with E-state index in [9.17, 15) is 4.79 Å². The van der Waals surface area contributed by atoms with Gasteiger partial charge in [-0.05, 0) is 31.5 Å². The molecule has 1 aliphatic heterocycles. The van der Waals surface area contributed by atoms with Crippen LogP contribution in [0.3, 0.4) is 0 Å². The Morgan fingerprint density at radius 3 is 2.45 bits per heavy atom. The van der Waals surface area contributed by atoms with E-state index < -0.39 is 5.54 Å². The third kappa shape index (κ3) is 3.25. The summed E-state index contributed by atoms with van der Waals surface area (Å²) < 4.78 is 5.39. The minimum Gasteiger partial charge on any atom is -0.379 e. The van der Waals surface area contributed by atoms with Gasteiger partial charge in [0.2, 0.25) is 0 Å². The molecular weight excluding hydrogens is 289 g/mol. The van der Waals surface area contributed by atoms with Crippen molar-refractivity contribution in [2.24, 2.45) is 0 Å². The maximum Gasteiger partial charge on any atom is 0.183 e. The van der Waals surface area contributed by atoms with Crippen molar-refractivity contribution in [2.45, 2.75) is 17.4 Å². The average Bonchev–Trinajstić information content (AvgIpc) is 2.54. The first kappa shape index (κ1) is 16.0. The Balaban J connectivity index is 2.22. The number of carbonyl (C=O) groups is 1. The maximum absolute atomic E-state index is 12.9. The van der Waals surface area contributed by atoms with Crippen molar-refractivity contribution in [3.05, 3.63) is 29.8 Å². The molecule has 1 aromatic rings. The number of thioether (sulfide) groups is 1. The first-order chi connectivity index (χ1) is 9.61. The molecule has 0 spiro atoms. The standard InChI is InChI=1S/C15H22NO2PS/c1-15(11-19,16-7-9-18-10-8-16)14(17)12-3-5-13(20-2)6-4-12/h3-6H,7-11,19H2,1-2H3. The Bertz CT molecular complexity index is 459. The van der Waals surface area contributed by atoms with E-state index in [0.717, 1.165) is 24.8 Å². The summed E-state index contributed by atoms with van der Waals surface area (Å²) >= 11 is 1.69. The second kappa shape index (κ2) is 7.04. The Morgan fingerprint density at radius 1 is 1.35 bits per heavy atom. The summed E-state index contributed by atoms with van der Waals surface area (Å²) in [4.78, 5) is 16.3. The molecule has 20 heavy (non-hydrogen) atoms. The molecule has 0 aliphatic carbocycles. The third-order valence-electron chi connectivity index (χ3n) is 3.95. The zero-order chi connectivity index (χ0) is 14.6. The van der Waals surface area contributed by atoms with Crippen molar-refractivity contribution < 1.29 is 9.53 Å². The fourth-order valence-electron chi connectivity index (χ4n) is 2.48. The fourth-order valence-corrected chi connectivity index (χ4v) is 3.33. The van der Waals surface area contributed by atoms with Crippen LogP contribution in [0, 0.1) is 0 Å². The fraction of sp³-hybridized carbons (Fsp3) is 0.533. The molecule has 1 aliphatic rings. The van der Waals surface area contributed by atoms with Crippen LogP contribution in [0.5, 0.6) is 0 Å². The van der Waals surface area contributed by atoms with E-state index in [1.54, 1.807) is 11.8 Å². The average molecular weight is 311 g/mol. The molecule has 0 radical (unpaired) electrons. The number of ketones is 1. The highest BCUT2D eigenvalue weighted by molar-refractivity contribution is 7.98. The lowest BCUT2D eigenvalue weighted by Crippen LogP contribution is -2.57. The lowest BCUT2D eigenvalue weighted by molar-refractivity contribution is -0.00299. The van der Waals surface area contributed by atoms with Gasteiger partial charge in [0, 0.05) is 23.5 Å². The van der Waals surface area contributed by atoms with Gasteiger partial charge in [-0.25, -0.2) is 0 Å². The highest BCUT2D eigenvalue weighted by Gasteiger charge is 2.38. The van der Waals surface area contributed by atoms with Crippen LogP contribution in [0.4, 0.5) is 0 Å². The van der Waals surface area contributed by atoms with Crippen LogP contribution < -0.4 is 0 Å². The number of hydrogen-bond acceptors (Lipinski definition) is 4. The molecular formula is C15H22NO2PS. The number of ether oxygens (including phenoxy) is 1. The molecule has 0 N–H and O–H groups in total. The number of hydrogen-bond donors (Lipinski definition) is 0. The second-order valence-electron chi connectivity index (χ2n) is 5.14. The first-order valence-corrected chi connectivity index (χ1v) is 8.87. The zero-order valence-corrected chi connectivity index (χ0v) is 14.1. The molecule has 0 aromatic heterocycles. The normalized spacial score (nSPS) is 19.6. The van der Waals surface area contributed by atoms with E-state index in [1.807, 2.05) is 37.4 Å². The molecule has 0 saturated carbocycles. The highest BCUT2D eigenvalue weighted by Crippen LogP contribution is 2.26. The van der Waals surface area contributed by atoms with Gasteiger partial charge in [-0.15, -0.1) is 21.0 Å². The summed E-state index contributed by atoms with van der Waals surface area (Å²) in [6, 6.07) is 7.90. The Morgan fingerprint density at radius 2 is 1.95 bits per heavy atom. The van der Waals surface area contributed by atoms with Gasteiger partial charge >= 0.3 is 0 Å². The Labute approximate surface area is 127 Å². The van der Waals surface area contributed by atoms with E-state index in [4.69, 9.17) is 4.74 Å². The van der Waals surface area contributed by atoms with Crippen LogP contribution >= 0.6 is 21.0 Å². The number of carbonyl (C=O) groups excluding carboxylic acids is 1. The van der Waals surface area contributed by atoms with Crippen LogP contribution in [0.2, 0.25) is 0 Å². The molecule has 110 valence electrons. The Hall–Kier alpha value is -0.410. The Kier molecular flexibility index (Phi) is 5.62. The predicted octanol–water partition coefficient (Wildman–Crippen LogP) is 2.56. The molecule has 2 atom stereocenters. The monoisotopic (exact) mass is 311 g/mol. The van der Waals surface area contributed by atoms with Gasteiger partial charge in [-0.1, -0.05) is 12.1 Å². The molecule has 1 saturated heterocycles. The van der Waals surface area contributed by atoms with Crippen molar-refractivity contribution >= 4 is 26.8 Å². The van der Waals surface area contributed by atoms with Gasteiger partial charge in [0.05, 0.1) is 18.8 Å². The van der Waals surface area contributed by atoms with Crippen molar-refractivity contribution in [1.82, 2.24) is 4.90 Å². The lowest BCUT2D eigenvalue weighted by atomic mass is 9.90. The number of morpholine rings is 1. The van der Waals surface area contributed by atoms with Crippen LogP contribution in [0.15, 0.2) is 29.2 Å². The van der Waals surface area contributed by atoms with Gasteiger partial charge in [-0.2, -0.15) is 0 Å². The van der Waals surface area contributed by atoms with E-state index in [-0.39, 0.29) is 5.78 Å². The van der Waals surface area contributed by atoms with Gasteiger partial charge < -0.3 is 4.74 Å². The SMILES string of the molecule is CSc1ccc(C(=O)C(C)(CP)N2CCOCC2)cc1. The van der Waals surface area contributed by atoms with E-state index >= 15 is 0 Å². The van der Waals surface area contributed by atoms with Gasteiger partial charge in [-0.3, -0.25) is 9.69 Å². The van der Waals surface area contributed by atoms with Crippen LogP contribution in [0.25, 0.3) is 0 Å². The summed E-state index contributed by atoms with van der Waals surface area (Å²) in [5, 5.41) is 0.